The molecule has 0 aliphatic rings. The van der Waals surface area contributed by atoms with Crippen LogP contribution in [0.15, 0.2) is 57.0 Å². The Morgan fingerprint density at radius 3 is 2.80 bits per heavy atom. The highest BCUT2D eigenvalue weighted by Crippen LogP contribution is 2.33. The molecule has 20 heavy (non-hydrogen) atoms. The van der Waals surface area contributed by atoms with Gasteiger partial charge in [-0.3, -0.25) is 5.41 Å². The number of nitrogens with one attached hydrogen (secondary N) is 1. The molecule has 1 aromatic heterocycles. The van der Waals surface area contributed by atoms with Crippen molar-refractivity contribution in [3.05, 3.63) is 53.1 Å². The van der Waals surface area contributed by atoms with E-state index in [0.717, 1.165) is 16.0 Å². The summed E-state index contributed by atoms with van der Waals surface area (Å²) in [7, 11) is 0. The molecule has 0 spiro atoms. The van der Waals surface area contributed by atoms with Gasteiger partial charge in [-0.1, -0.05) is 23.7 Å². The maximum Gasteiger partial charge on any atom is 0.261 e. The van der Waals surface area contributed by atoms with Crippen molar-refractivity contribution < 1.29 is 4.42 Å². The van der Waals surface area contributed by atoms with Gasteiger partial charge in [-0.25, -0.2) is 4.98 Å². The Labute approximate surface area is 124 Å². The number of para-hydroxylation sites is 2. The molecule has 1 heterocycles. The third kappa shape index (κ3) is 2.50. The molecule has 0 aliphatic heterocycles. The second-order valence-corrected chi connectivity index (χ2v) is 5.53. The molecule has 3 aromatic rings. The van der Waals surface area contributed by atoms with Crippen molar-refractivity contribution in [1.82, 2.24) is 4.98 Å². The quantitative estimate of drug-likeness (QED) is 0.568. The van der Waals surface area contributed by atoms with Crippen LogP contribution in [0.5, 0.6) is 0 Å². The standard InChI is InChI=1S/C14H10ClN3OS/c15-8-5-6-12(9(7-8)13(16)17)20-14-18-10-3-1-2-4-11(10)19-14/h1-7H,(H3,16,17). The van der Waals surface area contributed by atoms with E-state index in [1.165, 1.54) is 11.8 Å². The lowest BCUT2D eigenvalue weighted by Gasteiger charge is -2.05. The van der Waals surface area contributed by atoms with Gasteiger partial charge in [-0.15, -0.1) is 0 Å². The first-order chi connectivity index (χ1) is 9.63. The molecule has 0 radical (unpaired) electrons. The van der Waals surface area contributed by atoms with Gasteiger partial charge in [0.05, 0.1) is 0 Å². The van der Waals surface area contributed by atoms with Crippen molar-refractivity contribution in [1.29, 1.82) is 5.41 Å². The summed E-state index contributed by atoms with van der Waals surface area (Å²) in [6.07, 6.45) is 0. The number of nitrogens with two attached hydrogens (primary N) is 1. The number of halogens is 1. The third-order valence-corrected chi connectivity index (χ3v) is 3.86. The zero-order valence-electron chi connectivity index (χ0n) is 10.3. The summed E-state index contributed by atoms with van der Waals surface area (Å²) in [6.45, 7) is 0. The maximum atomic E-state index is 7.60. The number of amidine groups is 1. The Kier molecular flexibility index (Phi) is 3.38. The minimum Gasteiger partial charge on any atom is -0.431 e. The van der Waals surface area contributed by atoms with Gasteiger partial charge < -0.3 is 10.2 Å². The summed E-state index contributed by atoms with van der Waals surface area (Å²) in [4.78, 5) is 5.17. The predicted octanol–water partition coefficient (Wildman–Crippen LogP) is 3.92. The van der Waals surface area contributed by atoms with Gasteiger partial charge in [0.25, 0.3) is 5.22 Å². The molecule has 0 fully saturated rings. The summed E-state index contributed by atoms with van der Waals surface area (Å²) < 4.78 is 5.64. The molecular formula is C14H10ClN3OS. The minimum atomic E-state index is -0.0360. The second-order valence-electron chi connectivity index (χ2n) is 4.10. The highest BCUT2D eigenvalue weighted by atomic mass is 35.5. The smallest absolute Gasteiger partial charge is 0.261 e. The summed E-state index contributed by atoms with van der Waals surface area (Å²) >= 11 is 7.25. The van der Waals surface area contributed by atoms with Crippen LogP contribution in [-0.2, 0) is 0 Å². The number of aromatic nitrogens is 1. The Morgan fingerprint density at radius 1 is 1.25 bits per heavy atom. The summed E-state index contributed by atoms with van der Waals surface area (Å²) in [5.74, 6) is -0.0360. The Morgan fingerprint density at radius 2 is 2.05 bits per heavy atom. The van der Waals surface area contributed by atoms with Crippen LogP contribution in [0, 0.1) is 5.41 Å². The van der Waals surface area contributed by atoms with Crippen LogP contribution in [0.4, 0.5) is 0 Å². The Bertz CT molecular complexity index is 767. The van der Waals surface area contributed by atoms with E-state index < -0.39 is 0 Å². The van der Waals surface area contributed by atoms with Gasteiger partial charge in [0.2, 0.25) is 0 Å². The zero-order chi connectivity index (χ0) is 14.1. The highest BCUT2D eigenvalue weighted by molar-refractivity contribution is 7.99. The number of hydrogen-bond donors (Lipinski definition) is 2. The van der Waals surface area contributed by atoms with Crippen LogP contribution >= 0.6 is 23.4 Å². The Balaban J connectivity index is 2.00. The third-order valence-electron chi connectivity index (χ3n) is 2.70. The van der Waals surface area contributed by atoms with E-state index in [9.17, 15) is 0 Å². The molecule has 4 nitrogen and oxygen atoms in total. The van der Waals surface area contributed by atoms with Gasteiger partial charge in [-0.2, -0.15) is 0 Å². The number of rotatable bonds is 3. The number of hydrogen-bond acceptors (Lipinski definition) is 4. The first-order valence-electron chi connectivity index (χ1n) is 5.81. The van der Waals surface area contributed by atoms with Gasteiger partial charge in [-0.05, 0) is 42.1 Å². The molecule has 0 aliphatic carbocycles. The monoisotopic (exact) mass is 303 g/mol. The average molecular weight is 304 g/mol. The first kappa shape index (κ1) is 13.0. The van der Waals surface area contributed by atoms with Crippen molar-refractivity contribution in [2.75, 3.05) is 0 Å². The van der Waals surface area contributed by atoms with Crippen LogP contribution < -0.4 is 5.73 Å². The van der Waals surface area contributed by atoms with E-state index in [2.05, 4.69) is 4.98 Å². The van der Waals surface area contributed by atoms with Crippen molar-refractivity contribution >= 4 is 40.3 Å². The molecule has 0 saturated heterocycles. The number of benzene rings is 2. The van der Waals surface area contributed by atoms with Gasteiger partial charge >= 0.3 is 0 Å². The van der Waals surface area contributed by atoms with E-state index >= 15 is 0 Å². The molecule has 0 unspecified atom stereocenters. The summed E-state index contributed by atoms with van der Waals surface area (Å²) in [6, 6.07) is 12.8. The molecule has 6 heteroatoms. The molecular weight excluding hydrogens is 294 g/mol. The van der Waals surface area contributed by atoms with E-state index in [0.29, 0.717) is 15.8 Å². The molecule has 3 N–H and O–H groups in total. The lowest BCUT2D eigenvalue weighted by Crippen LogP contribution is -2.12. The van der Waals surface area contributed by atoms with Crippen LogP contribution in [0.3, 0.4) is 0 Å². The zero-order valence-corrected chi connectivity index (χ0v) is 11.8. The van der Waals surface area contributed by atoms with Crippen LogP contribution in [-0.4, -0.2) is 10.8 Å². The van der Waals surface area contributed by atoms with Crippen molar-refractivity contribution in [2.45, 2.75) is 10.1 Å². The number of nitrogens with zero attached hydrogens (tertiary/aromatic N) is 1. The molecule has 100 valence electrons. The lowest BCUT2D eigenvalue weighted by atomic mass is 10.2. The second kappa shape index (κ2) is 5.19. The average Bonchev–Trinajstić information content (AvgIpc) is 2.82. The Hall–Kier alpha value is -1.98. The molecule has 0 bridgehead atoms. The fourth-order valence-electron chi connectivity index (χ4n) is 1.79. The number of fused-ring (bicyclic) bond motifs is 1. The predicted molar refractivity (Wildman–Crippen MR) is 80.6 cm³/mol. The molecule has 2 aromatic carbocycles. The summed E-state index contributed by atoms with van der Waals surface area (Å²) in [5.41, 5.74) is 7.68. The van der Waals surface area contributed by atoms with Crippen LogP contribution in [0.2, 0.25) is 5.02 Å². The topological polar surface area (TPSA) is 75.9 Å². The molecule has 3 rings (SSSR count). The first-order valence-corrected chi connectivity index (χ1v) is 7.00. The number of nitrogen functional groups attached to an aromatic ring is 1. The van der Waals surface area contributed by atoms with Gasteiger partial charge in [0.1, 0.15) is 11.4 Å². The number of oxazole rings is 1. The fraction of sp³-hybridized carbons (Fsp3) is 0. The van der Waals surface area contributed by atoms with Crippen molar-refractivity contribution in [2.24, 2.45) is 5.73 Å². The van der Waals surface area contributed by atoms with Crippen molar-refractivity contribution in [3.63, 3.8) is 0 Å². The van der Waals surface area contributed by atoms with E-state index in [1.807, 2.05) is 24.3 Å². The highest BCUT2D eigenvalue weighted by Gasteiger charge is 2.12. The minimum absolute atomic E-state index is 0.0360. The SMILES string of the molecule is N=C(N)c1cc(Cl)ccc1Sc1nc2ccccc2o1. The van der Waals surface area contributed by atoms with E-state index in [1.54, 1.807) is 18.2 Å². The molecule has 0 atom stereocenters. The van der Waals surface area contributed by atoms with Crippen LogP contribution in [0.1, 0.15) is 5.56 Å². The summed E-state index contributed by atoms with van der Waals surface area (Å²) in [5, 5.41) is 8.65. The van der Waals surface area contributed by atoms with Crippen molar-refractivity contribution in [3.8, 4) is 0 Å². The maximum absolute atomic E-state index is 7.60. The fourth-order valence-corrected chi connectivity index (χ4v) is 2.84. The van der Waals surface area contributed by atoms with E-state index in [-0.39, 0.29) is 5.84 Å². The van der Waals surface area contributed by atoms with Crippen LogP contribution in [0.25, 0.3) is 11.1 Å². The van der Waals surface area contributed by atoms with Gasteiger partial charge in [0.15, 0.2) is 5.58 Å². The molecule has 0 saturated carbocycles. The normalized spacial score (nSPS) is 10.8. The largest absolute Gasteiger partial charge is 0.431 e. The van der Waals surface area contributed by atoms with Gasteiger partial charge in [0, 0.05) is 15.5 Å². The molecule has 0 amide bonds. The lowest BCUT2D eigenvalue weighted by molar-refractivity contribution is 0.489. The van der Waals surface area contributed by atoms with E-state index in [4.69, 9.17) is 27.2 Å².